The van der Waals surface area contributed by atoms with Gasteiger partial charge in [-0.05, 0) is 12.5 Å². The number of benzene rings is 1. The monoisotopic (exact) mass is 248 g/mol. The molecule has 1 aliphatic rings. The Kier molecular flexibility index (Phi) is 4.33. The number of piperazine rings is 1. The molecule has 1 amide bonds. The lowest BCUT2D eigenvalue weighted by Crippen LogP contribution is -2.52. The summed E-state index contributed by atoms with van der Waals surface area (Å²) in [5, 5.41) is 3.33. The molecule has 18 heavy (non-hydrogen) atoms. The minimum absolute atomic E-state index is 0.0528. The lowest BCUT2D eigenvalue weighted by Gasteiger charge is -2.34. The van der Waals surface area contributed by atoms with Gasteiger partial charge in [0.1, 0.15) is 0 Å². The minimum Gasteiger partial charge on any atom is -0.367 e. The molecule has 0 unspecified atom stereocenters. The third-order valence-corrected chi connectivity index (χ3v) is 3.24. The SMILES string of the molecule is CO[C@@H](C(=O)N1CCN[C@H](C)C1)c1ccccc1. The van der Waals surface area contributed by atoms with Crippen molar-refractivity contribution in [1.29, 1.82) is 0 Å². The quantitative estimate of drug-likeness (QED) is 0.873. The fourth-order valence-corrected chi connectivity index (χ4v) is 2.31. The summed E-state index contributed by atoms with van der Waals surface area (Å²) in [6.45, 7) is 4.42. The van der Waals surface area contributed by atoms with Crippen molar-refractivity contribution >= 4 is 5.91 Å². The molecule has 0 aliphatic carbocycles. The number of hydrogen-bond donors (Lipinski definition) is 1. The van der Waals surface area contributed by atoms with Crippen LogP contribution in [0.4, 0.5) is 0 Å². The molecule has 2 atom stereocenters. The van der Waals surface area contributed by atoms with Crippen LogP contribution in [0.3, 0.4) is 0 Å². The number of nitrogens with one attached hydrogen (secondary N) is 1. The zero-order chi connectivity index (χ0) is 13.0. The Hall–Kier alpha value is -1.39. The second-order valence-electron chi connectivity index (χ2n) is 4.67. The van der Waals surface area contributed by atoms with Gasteiger partial charge in [-0.3, -0.25) is 4.79 Å². The molecule has 0 bridgehead atoms. The van der Waals surface area contributed by atoms with E-state index < -0.39 is 6.10 Å². The molecule has 1 aromatic carbocycles. The maximum atomic E-state index is 12.4. The number of rotatable bonds is 3. The van der Waals surface area contributed by atoms with E-state index in [-0.39, 0.29) is 5.91 Å². The maximum absolute atomic E-state index is 12.4. The predicted molar refractivity (Wildman–Crippen MR) is 70.2 cm³/mol. The topological polar surface area (TPSA) is 41.6 Å². The van der Waals surface area contributed by atoms with E-state index in [1.54, 1.807) is 7.11 Å². The van der Waals surface area contributed by atoms with Crippen LogP contribution in [-0.2, 0) is 9.53 Å². The highest BCUT2D eigenvalue weighted by molar-refractivity contribution is 5.82. The Labute approximate surface area is 108 Å². The van der Waals surface area contributed by atoms with Gasteiger partial charge in [0.15, 0.2) is 6.10 Å². The highest BCUT2D eigenvalue weighted by Crippen LogP contribution is 2.19. The van der Waals surface area contributed by atoms with Crippen LogP contribution in [0.25, 0.3) is 0 Å². The van der Waals surface area contributed by atoms with E-state index >= 15 is 0 Å². The van der Waals surface area contributed by atoms with Crippen molar-refractivity contribution in [3.63, 3.8) is 0 Å². The van der Waals surface area contributed by atoms with Crippen LogP contribution in [0.5, 0.6) is 0 Å². The van der Waals surface area contributed by atoms with Crippen molar-refractivity contribution < 1.29 is 9.53 Å². The average molecular weight is 248 g/mol. The number of nitrogens with zero attached hydrogens (tertiary/aromatic N) is 1. The summed E-state index contributed by atoms with van der Waals surface area (Å²) in [7, 11) is 1.58. The average Bonchev–Trinajstić information content (AvgIpc) is 2.41. The molecule has 1 fully saturated rings. The number of carbonyl (C=O) groups excluding carboxylic acids is 1. The summed E-state index contributed by atoms with van der Waals surface area (Å²) >= 11 is 0. The molecule has 2 rings (SSSR count). The van der Waals surface area contributed by atoms with E-state index in [9.17, 15) is 4.79 Å². The molecular weight excluding hydrogens is 228 g/mol. The summed E-state index contributed by atoms with van der Waals surface area (Å²) in [6, 6.07) is 9.99. The van der Waals surface area contributed by atoms with E-state index in [1.807, 2.05) is 35.2 Å². The highest BCUT2D eigenvalue weighted by Gasteiger charge is 2.28. The van der Waals surface area contributed by atoms with Gasteiger partial charge in [0.05, 0.1) is 0 Å². The van der Waals surface area contributed by atoms with Gasteiger partial charge < -0.3 is 15.0 Å². The van der Waals surface area contributed by atoms with E-state index in [0.29, 0.717) is 6.04 Å². The van der Waals surface area contributed by atoms with Crippen LogP contribution in [0.2, 0.25) is 0 Å². The first-order chi connectivity index (χ1) is 8.72. The summed E-state index contributed by atoms with van der Waals surface area (Å²) < 4.78 is 5.38. The molecule has 1 N–H and O–H groups in total. The van der Waals surface area contributed by atoms with Gasteiger partial charge in [0.25, 0.3) is 5.91 Å². The van der Waals surface area contributed by atoms with E-state index in [1.165, 1.54) is 0 Å². The van der Waals surface area contributed by atoms with Crippen LogP contribution < -0.4 is 5.32 Å². The molecule has 0 spiro atoms. The van der Waals surface area contributed by atoms with Crippen molar-refractivity contribution in [2.45, 2.75) is 19.1 Å². The molecule has 1 aromatic rings. The molecular formula is C14H20N2O2. The van der Waals surface area contributed by atoms with Crippen molar-refractivity contribution in [1.82, 2.24) is 10.2 Å². The van der Waals surface area contributed by atoms with Crippen molar-refractivity contribution in [2.24, 2.45) is 0 Å². The van der Waals surface area contributed by atoms with Gasteiger partial charge in [0, 0.05) is 32.8 Å². The van der Waals surface area contributed by atoms with Crippen molar-refractivity contribution in [3.8, 4) is 0 Å². The van der Waals surface area contributed by atoms with Gasteiger partial charge in [-0.15, -0.1) is 0 Å². The fraction of sp³-hybridized carbons (Fsp3) is 0.500. The molecule has 0 radical (unpaired) electrons. The summed E-state index contributed by atoms with van der Waals surface area (Å²) in [5.74, 6) is 0.0528. The number of amides is 1. The van der Waals surface area contributed by atoms with E-state index in [0.717, 1.165) is 25.2 Å². The number of carbonyl (C=O) groups is 1. The first-order valence-electron chi connectivity index (χ1n) is 6.32. The molecule has 0 saturated carbocycles. The summed E-state index contributed by atoms with van der Waals surface area (Å²) in [6.07, 6.45) is -0.489. The molecule has 0 aromatic heterocycles. The first-order valence-corrected chi connectivity index (χ1v) is 6.32. The Morgan fingerprint density at radius 2 is 2.17 bits per heavy atom. The van der Waals surface area contributed by atoms with Crippen LogP contribution in [0, 0.1) is 0 Å². The standard InChI is InChI=1S/C14H20N2O2/c1-11-10-16(9-8-15-11)14(17)13(18-2)12-6-4-3-5-7-12/h3-7,11,13,15H,8-10H2,1-2H3/t11-,13-/m1/s1. The zero-order valence-corrected chi connectivity index (χ0v) is 10.9. The Morgan fingerprint density at radius 3 is 2.78 bits per heavy atom. The Morgan fingerprint density at radius 1 is 1.44 bits per heavy atom. The Balaban J connectivity index is 2.10. The maximum Gasteiger partial charge on any atom is 0.256 e. The van der Waals surface area contributed by atoms with Crippen LogP contribution in [-0.4, -0.2) is 43.6 Å². The third-order valence-electron chi connectivity index (χ3n) is 3.24. The normalized spacial score (nSPS) is 21.7. The highest BCUT2D eigenvalue weighted by atomic mass is 16.5. The predicted octanol–water partition coefficient (Wildman–Crippen LogP) is 1.19. The van der Waals surface area contributed by atoms with Crippen LogP contribution in [0.15, 0.2) is 30.3 Å². The smallest absolute Gasteiger partial charge is 0.256 e. The van der Waals surface area contributed by atoms with Crippen LogP contribution >= 0.6 is 0 Å². The van der Waals surface area contributed by atoms with Crippen molar-refractivity contribution in [2.75, 3.05) is 26.7 Å². The fourth-order valence-electron chi connectivity index (χ4n) is 2.31. The number of hydrogen-bond acceptors (Lipinski definition) is 3. The lowest BCUT2D eigenvalue weighted by atomic mass is 10.1. The zero-order valence-electron chi connectivity index (χ0n) is 10.9. The van der Waals surface area contributed by atoms with Crippen molar-refractivity contribution in [3.05, 3.63) is 35.9 Å². The number of methoxy groups -OCH3 is 1. The summed E-state index contributed by atoms with van der Waals surface area (Å²) in [5.41, 5.74) is 0.913. The molecule has 1 saturated heterocycles. The van der Waals surface area contributed by atoms with Crippen LogP contribution in [0.1, 0.15) is 18.6 Å². The van der Waals surface area contributed by atoms with Gasteiger partial charge in [-0.1, -0.05) is 30.3 Å². The largest absolute Gasteiger partial charge is 0.367 e. The van der Waals surface area contributed by atoms with Gasteiger partial charge in [0.2, 0.25) is 0 Å². The van der Waals surface area contributed by atoms with Gasteiger partial charge in [-0.25, -0.2) is 0 Å². The molecule has 4 nitrogen and oxygen atoms in total. The molecule has 1 aliphatic heterocycles. The second kappa shape index (κ2) is 5.98. The van der Waals surface area contributed by atoms with E-state index in [2.05, 4.69) is 12.2 Å². The van der Waals surface area contributed by atoms with E-state index in [4.69, 9.17) is 4.74 Å². The minimum atomic E-state index is -0.489. The molecule has 4 heteroatoms. The first kappa shape index (κ1) is 13.1. The molecule has 98 valence electrons. The third kappa shape index (κ3) is 2.89. The lowest BCUT2D eigenvalue weighted by molar-refractivity contribution is -0.143. The summed E-state index contributed by atoms with van der Waals surface area (Å²) in [4.78, 5) is 14.3. The van der Waals surface area contributed by atoms with Gasteiger partial charge >= 0.3 is 0 Å². The second-order valence-corrected chi connectivity index (χ2v) is 4.67. The Bertz CT molecular complexity index is 394. The molecule has 1 heterocycles. The van der Waals surface area contributed by atoms with Gasteiger partial charge in [-0.2, -0.15) is 0 Å². The number of ether oxygens (including phenoxy) is 1.